The molecule has 148 valence electrons. The number of ether oxygens (including phenoxy) is 4. The van der Waals surface area contributed by atoms with Gasteiger partial charge in [-0.1, -0.05) is 18.2 Å². The third-order valence-electron chi connectivity index (χ3n) is 4.05. The second-order valence-corrected chi connectivity index (χ2v) is 6.28. The monoisotopic (exact) mass is 386 g/mol. The van der Waals surface area contributed by atoms with E-state index in [1.165, 1.54) is 6.07 Å². The van der Waals surface area contributed by atoms with Gasteiger partial charge >= 0.3 is 0 Å². The van der Waals surface area contributed by atoms with Gasteiger partial charge in [-0.25, -0.2) is 4.39 Å². The van der Waals surface area contributed by atoms with E-state index in [9.17, 15) is 4.39 Å². The molecule has 0 aliphatic heterocycles. The van der Waals surface area contributed by atoms with Crippen molar-refractivity contribution in [1.82, 2.24) is 10.2 Å². The lowest BCUT2D eigenvalue weighted by Crippen LogP contribution is -2.18. The molecule has 1 unspecified atom stereocenters. The summed E-state index contributed by atoms with van der Waals surface area (Å²) in [5, 5.41) is 6.99. The lowest BCUT2D eigenvalue weighted by atomic mass is 10.1. The maximum absolute atomic E-state index is 13.9. The van der Waals surface area contributed by atoms with Gasteiger partial charge in [-0.05, 0) is 25.1 Å². The fourth-order valence-electron chi connectivity index (χ4n) is 2.71. The Hall–Kier alpha value is -3.06. The molecule has 3 rings (SSSR count). The summed E-state index contributed by atoms with van der Waals surface area (Å²) >= 11 is 0. The summed E-state index contributed by atoms with van der Waals surface area (Å²) in [6.45, 7) is 2.47. The molecule has 0 spiro atoms. The molecule has 0 radical (unpaired) electrons. The summed E-state index contributed by atoms with van der Waals surface area (Å²) in [7, 11) is 3.17. The summed E-state index contributed by atoms with van der Waals surface area (Å²) in [5.41, 5.74) is 2.03. The summed E-state index contributed by atoms with van der Waals surface area (Å²) in [4.78, 5) is 0. The van der Waals surface area contributed by atoms with Crippen LogP contribution in [0.25, 0.3) is 11.3 Å². The maximum atomic E-state index is 13.9. The molecule has 0 fully saturated rings. The molecule has 6 nitrogen and oxygen atoms in total. The molecule has 1 atom stereocenters. The van der Waals surface area contributed by atoms with Crippen molar-refractivity contribution < 1.29 is 23.3 Å². The Morgan fingerprint density at radius 3 is 2.57 bits per heavy atom. The summed E-state index contributed by atoms with van der Waals surface area (Å²) in [5.74, 6) is 1.33. The van der Waals surface area contributed by atoms with Crippen LogP contribution in [0.1, 0.15) is 12.5 Å². The molecular formula is C21H23FN2O4. The first-order valence-corrected chi connectivity index (χ1v) is 8.85. The Kier molecular flexibility index (Phi) is 6.49. The van der Waals surface area contributed by atoms with Gasteiger partial charge in [0.15, 0.2) is 0 Å². The molecule has 7 heteroatoms. The maximum Gasteiger partial charge on any atom is 0.232 e. The standard InChI is InChI=1S/C21H23FN2O4/c1-14(12-25-2)28-18-9-16(20-11-21(26-3)24-23-20)8-17(10-18)27-13-15-6-4-5-7-19(15)22/h4-11,14H,12-13H2,1-3H3,(H,23,24). The van der Waals surface area contributed by atoms with E-state index in [0.29, 0.717) is 29.5 Å². The fourth-order valence-corrected chi connectivity index (χ4v) is 2.71. The number of hydrogen-bond acceptors (Lipinski definition) is 5. The van der Waals surface area contributed by atoms with Crippen molar-refractivity contribution in [3.05, 3.63) is 59.9 Å². The van der Waals surface area contributed by atoms with Crippen LogP contribution in [-0.2, 0) is 11.3 Å². The number of halogens is 1. The highest BCUT2D eigenvalue weighted by Crippen LogP contribution is 2.31. The molecule has 1 N–H and O–H groups in total. The van der Waals surface area contributed by atoms with Crippen LogP contribution in [0.5, 0.6) is 17.4 Å². The molecule has 1 aromatic heterocycles. The van der Waals surface area contributed by atoms with E-state index in [2.05, 4.69) is 10.2 Å². The third kappa shape index (κ3) is 5.01. The minimum atomic E-state index is -0.304. The van der Waals surface area contributed by atoms with E-state index in [-0.39, 0.29) is 18.5 Å². The van der Waals surface area contributed by atoms with Crippen LogP contribution in [0.2, 0.25) is 0 Å². The number of rotatable bonds is 9. The number of aromatic amines is 1. The van der Waals surface area contributed by atoms with Gasteiger partial charge < -0.3 is 18.9 Å². The van der Waals surface area contributed by atoms with E-state index in [1.54, 1.807) is 44.6 Å². The summed E-state index contributed by atoms with van der Waals surface area (Å²) in [6.07, 6.45) is -0.143. The molecule has 2 aromatic carbocycles. The van der Waals surface area contributed by atoms with E-state index in [0.717, 1.165) is 11.3 Å². The van der Waals surface area contributed by atoms with Crippen LogP contribution in [0.4, 0.5) is 4.39 Å². The lowest BCUT2D eigenvalue weighted by Gasteiger charge is -2.16. The normalized spacial score (nSPS) is 11.9. The molecule has 3 aromatic rings. The molecule has 0 aliphatic carbocycles. The number of methoxy groups -OCH3 is 2. The predicted octanol–water partition coefficient (Wildman–Crippen LogP) is 4.22. The van der Waals surface area contributed by atoms with Crippen LogP contribution >= 0.6 is 0 Å². The minimum Gasteiger partial charge on any atom is -0.489 e. The van der Waals surface area contributed by atoms with Gasteiger partial charge in [-0.3, -0.25) is 5.10 Å². The highest BCUT2D eigenvalue weighted by atomic mass is 19.1. The molecular weight excluding hydrogens is 363 g/mol. The molecule has 0 saturated carbocycles. The van der Waals surface area contributed by atoms with Crippen LogP contribution in [0.3, 0.4) is 0 Å². The minimum absolute atomic E-state index is 0.107. The Morgan fingerprint density at radius 1 is 1.07 bits per heavy atom. The molecule has 0 aliphatic rings. The Bertz CT molecular complexity index is 913. The predicted molar refractivity (Wildman–Crippen MR) is 103 cm³/mol. The second kappa shape index (κ2) is 9.23. The van der Waals surface area contributed by atoms with Crippen molar-refractivity contribution in [3.63, 3.8) is 0 Å². The van der Waals surface area contributed by atoms with E-state index in [1.807, 2.05) is 19.1 Å². The molecule has 0 bridgehead atoms. The Balaban J connectivity index is 1.86. The molecule has 1 heterocycles. The van der Waals surface area contributed by atoms with Gasteiger partial charge in [0.2, 0.25) is 5.88 Å². The van der Waals surface area contributed by atoms with Crippen molar-refractivity contribution in [2.45, 2.75) is 19.6 Å². The van der Waals surface area contributed by atoms with Crippen molar-refractivity contribution in [2.75, 3.05) is 20.8 Å². The van der Waals surface area contributed by atoms with E-state index >= 15 is 0 Å². The average Bonchev–Trinajstić information content (AvgIpc) is 3.17. The summed E-state index contributed by atoms with van der Waals surface area (Å²) in [6, 6.07) is 13.8. The topological polar surface area (TPSA) is 65.6 Å². The molecule has 28 heavy (non-hydrogen) atoms. The molecule has 0 saturated heterocycles. The number of nitrogens with zero attached hydrogens (tertiary/aromatic N) is 1. The van der Waals surface area contributed by atoms with Crippen LogP contribution < -0.4 is 14.2 Å². The lowest BCUT2D eigenvalue weighted by molar-refractivity contribution is 0.0919. The van der Waals surface area contributed by atoms with Crippen molar-refractivity contribution in [1.29, 1.82) is 0 Å². The largest absolute Gasteiger partial charge is 0.489 e. The van der Waals surface area contributed by atoms with Crippen molar-refractivity contribution >= 4 is 0 Å². The fraction of sp³-hybridized carbons (Fsp3) is 0.286. The average molecular weight is 386 g/mol. The number of H-pyrrole nitrogens is 1. The number of aromatic nitrogens is 2. The van der Waals surface area contributed by atoms with Gasteiger partial charge in [-0.15, -0.1) is 5.10 Å². The van der Waals surface area contributed by atoms with Crippen molar-refractivity contribution in [3.8, 4) is 28.6 Å². The quantitative estimate of drug-likeness (QED) is 0.597. The third-order valence-corrected chi connectivity index (χ3v) is 4.05. The molecule has 0 amide bonds. The zero-order valence-corrected chi connectivity index (χ0v) is 16.1. The van der Waals surface area contributed by atoms with Crippen molar-refractivity contribution in [2.24, 2.45) is 0 Å². The SMILES string of the molecule is COCC(C)Oc1cc(OCc2ccccc2F)cc(-c2cc(OC)n[nH]2)c1. The second-order valence-electron chi connectivity index (χ2n) is 6.28. The van der Waals surface area contributed by atoms with Gasteiger partial charge in [0.1, 0.15) is 30.0 Å². The number of benzene rings is 2. The van der Waals surface area contributed by atoms with Gasteiger partial charge in [-0.2, -0.15) is 0 Å². The first kappa shape index (κ1) is 19.7. The van der Waals surface area contributed by atoms with E-state index in [4.69, 9.17) is 18.9 Å². The Morgan fingerprint density at radius 2 is 1.86 bits per heavy atom. The van der Waals surface area contributed by atoms with Gasteiger partial charge in [0.05, 0.1) is 19.4 Å². The van der Waals surface area contributed by atoms with E-state index < -0.39 is 0 Å². The highest BCUT2D eigenvalue weighted by molar-refractivity contribution is 5.64. The van der Waals surface area contributed by atoms with Crippen LogP contribution in [0.15, 0.2) is 48.5 Å². The van der Waals surface area contributed by atoms with Gasteiger partial charge in [0.25, 0.3) is 0 Å². The van der Waals surface area contributed by atoms with Crippen LogP contribution in [0, 0.1) is 5.82 Å². The first-order chi connectivity index (χ1) is 13.6. The Labute approximate surface area is 163 Å². The first-order valence-electron chi connectivity index (χ1n) is 8.85. The van der Waals surface area contributed by atoms with Crippen LogP contribution in [-0.4, -0.2) is 37.1 Å². The highest BCUT2D eigenvalue weighted by Gasteiger charge is 2.12. The smallest absolute Gasteiger partial charge is 0.232 e. The zero-order chi connectivity index (χ0) is 19.9. The number of hydrogen-bond donors (Lipinski definition) is 1. The van der Waals surface area contributed by atoms with Gasteiger partial charge in [0, 0.05) is 30.4 Å². The zero-order valence-electron chi connectivity index (χ0n) is 16.1. The summed E-state index contributed by atoms with van der Waals surface area (Å²) < 4.78 is 35.9. The number of nitrogens with one attached hydrogen (secondary N) is 1.